The van der Waals surface area contributed by atoms with Gasteiger partial charge in [-0.15, -0.1) is 0 Å². The first-order chi connectivity index (χ1) is 16.3. The number of aromatic nitrogens is 1. The van der Waals surface area contributed by atoms with E-state index >= 15 is 0 Å². The number of nitrogens with one attached hydrogen (secondary N) is 1. The molecule has 3 aromatic carbocycles. The number of halogens is 5. The van der Waals surface area contributed by atoms with Crippen LogP contribution in [0.3, 0.4) is 0 Å². The monoisotopic (exact) mass is 470 g/mol. The number of nitrogens with zero attached hydrogens (tertiary/aromatic N) is 1. The summed E-state index contributed by atoms with van der Waals surface area (Å²) in [6, 6.07) is 18.7. The van der Waals surface area contributed by atoms with Gasteiger partial charge in [0.2, 0.25) is 5.82 Å². The van der Waals surface area contributed by atoms with Gasteiger partial charge in [-0.3, -0.25) is 4.79 Å². The molecular formula is C25H15F5N2O2. The van der Waals surface area contributed by atoms with Crippen molar-refractivity contribution < 1.29 is 31.5 Å². The predicted octanol–water partition coefficient (Wildman–Crippen LogP) is 6.37. The molecular weight excluding hydrogens is 455 g/mol. The average molecular weight is 470 g/mol. The van der Waals surface area contributed by atoms with Crippen LogP contribution in [-0.2, 0) is 0 Å². The molecule has 1 amide bonds. The average Bonchev–Trinajstić information content (AvgIpc) is 2.86. The third-order valence-electron chi connectivity index (χ3n) is 4.99. The number of benzene rings is 3. The summed E-state index contributed by atoms with van der Waals surface area (Å²) in [5.74, 6) is -11.9. The van der Waals surface area contributed by atoms with Gasteiger partial charge < -0.3 is 10.1 Å². The molecule has 4 aromatic rings. The SMILES string of the molecule is COc1ccc(-c2cccc(-c3cccc(NC(=O)c4c(F)c(F)c(F)c(F)c4F)c3)n2)cc1. The molecule has 0 radical (unpaired) electrons. The molecule has 0 unspecified atom stereocenters. The highest BCUT2D eigenvalue weighted by Crippen LogP contribution is 2.27. The number of methoxy groups -OCH3 is 1. The minimum absolute atomic E-state index is 0.0723. The Labute approximate surface area is 190 Å². The molecule has 1 aromatic heterocycles. The number of ether oxygens (including phenoxy) is 1. The predicted molar refractivity (Wildman–Crippen MR) is 116 cm³/mol. The van der Waals surface area contributed by atoms with E-state index in [0.717, 1.165) is 5.56 Å². The van der Waals surface area contributed by atoms with Crippen molar-refractivity contribution in [1.82, 2.24) is 4.98 Å². The van der Waals surface area contributed by atoms with E-state index in [1.54, 1.807) is 49.6 Å². The standard InChI is InChI=1S/C25H15F5N2O2/c1-34-16-10-8-13(9-11-16)17-6-3-7-18(32-17)14-4-2-5-15(12-14)31-25(33)19-20(26)22(28)24(30)23(29)21(19)27/h2-12H,1H3,(H,31,33). The van der Waals surface area contributed by atoms with Crippen LogP contribution in [0, 0.1) is 29.1 Å². The van der Waals surface area contributed by atoms with E-state index in [2.05, 4.69) is 10.3 Å². The molecule has 34 heavy (non-hydrogen) atoms. The van der Waals surface area contributed by atoms with Crippen LogP contribution in [-0.4, -0.2) is 18.0 Å². The minimum atomic E-state index is -2.34. The Hall–Kier alpha value is -4.27. The highest BCUT2D eigenvalue weighted by atomic mass is 19.2. The fourth-order valence-electron chi connectivity index (χ4n) is 3.27. The van der Waals surface area contributed by atoms with Crippen LogP contribution in [0.15, 0.2) is 66.7 Å². The zero-order valence-corrected chi connectivity index (χ0v) is 17.5. The first-order valence-corrected chi connectivity index (χ1v) is 9.85. The van der Waals surface area contributed by atoms with Gasteiger partial charge in [-0.1, -0.05) is 18.2 Å². The molecule has 0 atom stereocenters. The molecule has 172 valence electrons. The first-order valence-electron chi connectivity index (χ1n) is 9.85. The number of anilines is 1. The van der Waals surface area contributed by atoms with Crippen molar-refractivity contribution >= 4 is 11.6 Å². The smallest absolute Gasteiger partial charge is 0.261 e. The molecule has 0 aliphatic carbocycles. The Bertz CT molecular complexity index is 1360. The summed E-state index contributed by atoms with van der Waals surface area (Å²) in [6.07, 6.45) is 0. The van der Waals surface area contributed by atoms with Crippen LogP contribution < -0.4 is 10.1 Å². The van der Waals surface area contributed by atoms with E-state index in [4.69, 9.17) is 4.74 Å². The Morgan fingerprint density at radius 3 is 1.91 bits per heavy atom. The maximum absolute atomic E-state index is 14.0. The van der Waals surface area contributed by atoms with Crippen LogP contribution in [0.2, 0.25) is 0 Å². The highest BCUT2D eigenvalue weighted by molar-refractivity contribution is 6.05. The lowest BCUT2D eigenvalue weighted by Crippen LogP contribution is -2.19. The van der Waals surface area contributed by atoms with Crippen molar-refractivity contribution in [2.75, 3.05) is 12.4 Å². The van der Waals surface area contributed by atoms with E-state index in [0.29, 0.717) is 22.7 Å². The molecule has 0 aliphatic rings. The number of hydrogen-bond donors (Lipinski definition) is 1. The molecule has 1 heterocycles. The topological polar surface area (TPSA) is 51.2 Å². The number of carbonyl (C=O) groups is 1. The van der Waals surface area contributed by atoms with Crippen LogP contribution in [0.25, 0.3) is 22.5 Å². The number of carbonyl (C=O) groups excluding carboxylic acids is 1. The molecule has 0 bridgehead atoms. The summed E-state index contributed by atoms with van der Waals surface area (Å²) >= 11 is 0. The summed E-state index contributed by atoms with van der Waals surface area (Å²) in [6.45, 7) is 0. The van der Waals surface area contributed by atoms with Crippen molar-refractivity contribution in [3.05, 3.63) is 101 Å². The van der Waals surface area contributed by atoms with Crippen molar-refractivity contribution in [3.63, 3.8) is 0 Å². The number of hydrogen-bond acceptors (Lipinski definition) is 3. The Morgan fingerprint density at radius 2 is 1.29 bits per heavy atom. The van der Waals surface area contributed by atoms with Gasteiger partial charge >= 0.3 is 0 Å². The summed E-state index contributed by atoms with van der Waals surface area (Å²) in [4.78, 5) is 16.9. The zero-order chi connectivity index (χ0) is 24.4. The molecule has 0 saturated heterocycles. The fraction of sp³-hybridized carbons (Fsp3) is 0.0400. The van der Waals surface area contributed by atoms with Crippen molar-refractivity contribution in [1.29, 1.82) is 0 Å². The van der Waals surface area contributed by atoms with E-state index in [9.17, 15) is 26.7 Å². The normalized spacial score (nSPS) is 10.8. The van der Waals surface area contributed by atoms with Crippen molar-refractivity contribution in [2.24, 2.45) is 0 Å². The maximum atomic E-state index is 14.0. The number of amides is 1. The van der Waals surface area contributed by atoms with Crippen LogP contribution >= 0.6 is 0 Å². The van der Waals surface area contributed by atoms with Crippen molar-refractivity contribution in [3.8, 4) is 28.3 Å². The number of rotatable bonds is 5. The molecule has 0 saturated carbocycles. The van der Waals surface area contributed by atoms with Gasteiger partial charge in [-0.05, 0) is 48.5 Å². The Morgan fingerprint density at radius 1 is 0.735 bits per heavy atom. The Balaban J connectivity index is 1.63. The number of pyridine rings is 1. The van der Waals surface area contributed by atoms with Gasteiger partial charge in [0.25, 0.3) is 5.91 Å². The van der Waals surface area contributed by atoms with E-state index in [1.807, 2.05) is 12.1 Å². The molecule has 9 heteroatoms. The van der Waals surface area contributed by atoms with Gasteiger partial charge in [-0.2, -0.15) is 0 Å². The Kier molecular flexibility index (Phi) is 6.27. The van der Waals surface area contributed by atoms with Gasteiger partial charge in [-0.25, -0.2) is 26.9 Å². The largest absolute Gasteiger partial charge is 0.497 e. The first kappa shape index (κ1) is 22.9. The quantitative estimate of drug-likeness (QED) is 0.209. The van der Waals surface area contributed by atoms with Crippen LogP contribution in [0.5, 0.6) is 5.75 Å². The van der Waals surface area contributed by atoms with Gasteiger partial charge in [0.1, 0.15) is 11.3 Å². The molecule has 4 rings (SSSR count). The fourth-order valence-corrected chi connectivity index (χ4v) is 3.27. The molecule has 1 N–H and O–H groups in total. The summed E-state index contributed by atoms with van der Waals surface area (Å²) < 4.78 is 73.2. The molecule has 0 fully saturated rings. The van der Waals surface area contributed by atoms with E-state index < -0.39 is 40.6 Å². The lowest BCUT2D eigenvalue weighted by atomic mass is 10.1. The van der Waals surface area contributed by atoms with E-state index in [1.165, 1.54) is 12.1 Å². The van der Waals surface area contributed by atoms with Crippen LogP contribution in [0.1, 0.15) is 10.4 Å². The lowest BCUT2D eigenvalue weighted by Gasteiger charge is -2.11. The van der Waals surface area contributed by atoms with Crippen molar-refractivity contribution in [2.45, 2.75) is 0 Å². The van der Waals surface area contributed by atoms with Gasteiger partial charge in [0.15, 0.2) is 23.3 Å². The molecule has 0 aliphatic heterocycles. The third-order valence-corrected chi connectivity index (χ3v) is 4.99. The molecule has 0 spiro atoms. The second-order valence-corrected chi connectivity index (χ2v) is 7.12. The van der Waals surface area contributed by atoms with Crippen LogP contribution in [0.4, 0.5) is 27.6 Å². The second kappa shape index (κ2) is 9.30. The maximum Gasteiger partial charge on any atom is 0.261 e. The van der Waals surface area contributed by atoms with Gasteiger partial charge in [0, 0.05) is 16.8 Å². The highest BCUT2D eigenvalue weighted by Gasteiger charge is 2.29. The zero-order valence-electron chi connectivity index (χ0n) is 17.5. The second-order valence-electron chi connectivity index (χ2n) is 7.12. The van der Waals surface area contributed by atoms with Gasteiger partial charge in [0.05, 0.1) is 18.5 Å². The minimum Gasteiger partial charge on any atom is -0.497 e. The third kappa shape index (κ3) is 4.32. The molecule has 4 nitrogen and oxygen atoms in total. The lowest BCUT2D eigenvalue weighted by molar-refractivity contribution is 0.101. The van der Waals surface area contributed by atoms with E-state index in [-0.39, 0.29) is 5.69 Å². The summed E-state index contributed by atoms with van der Waals surface area (Å²) in [5, 5.41) is 2.17. The summed E-state index contributed by atoms with van der Waals surface area (Å²) in [7, 11) is 1.56. The summed E-state index contributed by atoms with van der Waals surface area (Å²) in [5.41, 5.74) is 1.07.